The van der Waals surface area contributed by atoms with Crippen molar-refractivity contribution in [2.45, 2.75) is 234 Å². The lowest BCUT2D eigenvalue weighted by atomic mass is 9.51. The highest BCUT2D eigenvalue weighted by molar-refractivity contribution is 5.93. The van der Waals surface area contributed by atoms with Crippen molar-refractivity contribution < 1.29 is 113 Å². The normalized spacial score (nSPS) is 57.5. The Morgan fingerprint density at radius 2 is 1.22 bits per heavy atom. The number of aliphatic hydroxyl groups excluding tert-OH is 11. The lowest BCUT2D eigenvalue weighted by Gasteiger charge is -2.53. The Balaban J connectivity index is 0.891. The summed E-state index contributed by atoms with van der Waals surface area (Å²) in [5.41, 5.74) is -0.588. The molecule has 0 bridgehead atoms. The van der Waals surface area contributed by atoms with Crippen LogP contribution in [0.1, 0.15) is 87.0 Å². The molecule has 6 heterocycles. The first-order valence-corrected chi connectivity index (χ1v) is 26.6. The maximum absolute atomic E-state index is 14.8. The van der Waals surface area contributed by atoms with Crippen LogP contribution in [-0.4, -0.2) is 228 Å². The summed E-state index contributed by atoms with van der Waals surface area (Å²) in [4.78, 5) is 28.4. The number of ether oxygens (including phenoxy) is 10. The highest BCUT2D eigenvalue weighted by Crippen LogP contribution is 2.72. The van der Waals surface area contributed by atoms with Crippen LogP contribution >= 0.6 is 0 Å². The molecule has 23 nitrogen and oxygen atoms in total. The number of Topliss-reactive ketones (excluding diaryl/α,β-unsaturated/α-hetero) is 1. The Labute approximate surface area is 428 Å². The van der Waals surface area contributed by atoms with E-state index in [0.29, 0.717) is 43.8 Å². The quantitative estimate of drug-likeness (QED) is 0.100. The van der Waals surface area contributed by atoms with Gasteiger partial charge in [-0.3, -0.25) is 9.59 Å². The van der Waals surface area contributed by atoms with Crippen LogP contribution in [-0.2, 0) is 57.0 Å². The van der Waals surface area contributed by atoms with Gasteiger partial charge in [-0.2, -0.15) is 0 Å². The second-order valence-electron chi connectivity index (χ2n) is 23.8. The second kappa shape index (κ2) is 20.4. The minimum Gasteiger partial charge on any atom is -0.394 e. The SMILES string of the molecule is C[C@@H]1CC[C@@]2(OC1)O[C@H]1C[C@H]3[C@@H]4C(C=O)=C5C[C@@H](O[C@@H]6O[C@H](CO)[C@@H](O[C@@H]7O[C@@H](C)[C@H](O[C@@H]8O[C@@H](C)[C@H](O)[C@@H](O)[C@H]8O)[C@@H](O)[C@H]7O)[C@H](O)[C@H]6O[C@@H]6O[C@@H](C)[C@H](O)[C@@H](O)[C@H]6O)CC[C@]5(C)[C@H]4[C@H](O)C(=O)[C@]3(C)[C@H]1[C@@H]2C. The Bertz CT molecular complexity index is 2090. The fourth-order valence-corrected chi connectivity index (χ4v) is 15.3. The van der Waals surface area contributed by atoms with E-state index in [1.54, 1.807) is 0 Å². The maximum Gasteiger partial charge on any atom is 0.187 e. The molecular weight excluding hydrogens is 981 g/mol. The lowest BCUT2D eigenvalue weighted by molar-refractivity contribution is -0.394. The average molecular weight is 1060 g/mol. The van der Waals surface area contributed by atoms with Gasteiger partial charge in [-0.05, 0) is 81.6 Å². The van der Waals surface area contributed by atoms with Gasteiger partial charge in [-0.15, -0.1) is 0 Å². The molecule has 6 saturated heterocycles. The van der Waals surface area contributed by atoms with E-state index < -0.39 is 170 Å². The van der Waals surface area contributed by atoms with Crippen LogP contribution in [0, 0.1) is 46.3 Å². The van der Waals surface area contributed by atoms with Crippen LogP contribution in [0.4, 0.5) is 0 Å². The fourth-order valence-electron chi connectivity index (χ4n) is 15.3. The second-order valence-corrected chi connectivity index (χ2v) is 23.8. The van der Waals surface area contributed by atoms with Crippen molar-refractivity contribution in [3.63, 3.8) is 0 Å². The largest absolute Gasteiger partial charge is 0.394 e. The van der Waals surface area contributed by atoms with Crippen molar-refractivity contribution in [2.24, 2.45) is 46.3 Å². The fraction of sp³-hybridized carbons (Fsp3) is 0.922. The van der Waals surface area contributed by atoms with Gasteiger partial charge in [-0.25, -0.2) is 0 Å². The highest BCUT2D eigenvalue weighted by atomic mass is 16.8. The van der Waals surface area contributed by atoms with E-state index in [0.717, 1.165) is 18.3 Å². The van der Waals surface area contributed by atoms with Crippen molar-refractivity contribution in [1.82, 2.24) is 0 Å². The van der Waals surface area contributed by atoms with E-state index in [1.807, 2.05) is 13.8 Å². The molecule has 10 aliphatic rings. The zero-order valence-electron chi connectivity index (χ0n) is 42.8. The topological polar surface area (TPSA) is 349 Å². The van der Waals surface area contributed by atoms with Crippen molar-refractivity contribution in [3.8, 4) is 0 Å². The van der Waals surface area contributed by atoms with Gasteiger partial charge in [0.2, 0.25) is 0 Å². The number of fused-ring (bicyclic) bond motifs is 7. The first-order valence-electron chi connectivity index (χ1n) is 26.6. The van der Waals surface area contributed by atoms with Crippen LogP contribution in [0.3, 0.4) is 0 Å². The molecule has 6 aliphatic heterocycles. The average Bonchev–Trinajstić information content (AvgIpc) is 3.93. The molecule has 23 heteroatoms. The number of hydrogen-bond acceptors (Lipinski definition) is 23. The zero-order chi connectivity index (χ0) is 53.4. The molecular formula is C51H78O23. The van der Waals surface area contributed by atoms with Gasteiger partial charge >= 0.3 is 0 Å². The third kappa shape index (κ3) is 8.66. The molecule has 0 amide bonds. The van der Waals surface area contributed by atoms with Crippen LogP contribution < -0.4 is 0 Å². The first kappa shape index (κ1) is 55.6. The van der Waals surface area contributed by atoms with Crippen molar-refractivity contribution in [1.29, 1.82) is 0 Å². The molecule has 9 fully saturated rings. The van der Waals surface area contributed by atoms with Crippen molar-refractivity contribution in [2.75, 3.05) is 13.2 Å². The van der Waals surface area contributed by atoms with Gasteiger partial charge in [0.15, 0.2) is 36.7 Å². The molecule has 0 unspecified atom stereocenters. The predicted molar refractivity (Wildman–Crippen MR) is 246 cm³/mol. The molecule has 1 spiro atoms. The molecule has 10 rings (SSSR count). The van der Waals surface area contributed by atoms with Gasteiger partial charge in [0.1, 0.15) is 91.7 Å². The number of carbonyl (C=O) groups is 2. The summed E-state index contributed by atoms with van der Waals surface area (Å²) in [6, 6.07) is 0. The molecule has 420 valence electrons. The van der Waals surface area contributed by atoms with E-state index in [-0.39, 0.29) is 36.1 Å². The number of rotatable bonds is 10. The van der Waals surface area contributed by atoms with Gasteiger partial charge in [0, 0.05) is 29.6 Å². The number of ketones is 1. The van der Waals surface area contributed by atoms with Crippen molar-refractivity contribution >= 4 is 12.1 Å². The van der Waals surface area contributed by atoms with Gasteiger partial charge < -0.3 is 104 Å². The summed E-state index contributed by atoms with van der Waals surface area (Å²) < 4.78 is 61.6. The van der Waals surface area contributed by atoms with E-state index >= 15 is 0 Å². The molecule has 0 aromatic heterocycles. The predicted octanol–water partition coefficient (Wildman–Crippen LogP) is -2.58. The smallest absolute Gasteiger partial charge is 0.187 e. The summed E-state index contributed by atoms with van der Waals surface area (Å²) in [5.74, 6) is -2.46. The summed E-state index contributed by atoms with van der Waals surface area (Å²) in [7, 11) is 0. The monoisotopic (exact) mass is 1060 g/mol. The maximum atomic E-state index is 14.8. The summed E-state index contributed by atoms with van der Waals surface area (Å²) in [5, 5.41) is 121. The number of aliphatic hydroxyl groups is 11. The zero-order valence-corrected chi connectivity index (χ0v) is 42.8. The Morgan fingerprint density at radius 3 is 1.80 bits per heavy atom. The minimum atomic E-state index is -1.92. The molecule has 0 radical (unpaired) electrons. The van der Waals surface area contributed by atoms with Gasteiger partial charge in [-0.1, -0.05) is 33.3 Å². The third-order valence-corrected chi connectivity index (χ3v) is 19.6. The number of aldehydes is 1. The molecule has 32 atom stereocenters. The lowest BCUT2D eigenvalue weighted by Crippen LogP contribution is -2.67. The van der Waals surface area contributed by atoms with Crippen LogP contribution in [0.15, 0.2) is 11.1 Å². The van der Waals surface area contributed by atoms with Gasteiger partial charge in [0.05, 0.1) is 43.7 Å². The molecule has 4 aliphatic carbocycles. The van der Waals surface area contributed by atoms with Gasteiger partial charge in [0.25, 0.3) is 0 Å². The Hall–Kier alpha value is -1.76. The third-order valence-electron chi connectivity index (χ3n) is 19.6. The van der Waals surface area contributed by atoms with E-state index in [2.05, 4.69) is 13.8 Å². The standard InChI is InChI=1S/C51H78O23/c1-17-8-11-51(65-16-17)18(2)29-26(74-51)13-25-28-23(14-52)24-12-22(9-10-49(24,6)30(28)33(56)44(64)50(25,29)7)69-48-43(73-46-38(61)35(58)32(55)20(4)67-46)40(63)42(27(15-53)70-48)72-47-39(62)36(59)41(21(5)68-47)71-45-37(60)34(57)31(54)19(3)66-45/h14,17-22,25-43,45-48,53-63H,8-13,15-16H2,1-7H3/t17-,18+,19+,20+,21+,22+,25+,26+,27-,28+,29+,30-,31+,32+,33+,34-,35-,36+,37-,38-,39-,40+,41+,42-,43-,45+,46+,47+,48-,49+,50+,51-/m1/s1. The summed E-state index contributed by atoms with van der Waals surface area (Å²) in [6.45, 7) is 12.2. The Morgan fingerprint density at radius 1 is 0.635 bits per heavy atom. The first-order chi connectivity index (χ1) is 34.9. The van der Waals surface area contributed by atoms with Crippen LogP contribution in [0.2, 0.25) is 0 Å². The number of carbonyl (C=O) groups excluding carboxylic acids is 2. The van der Waals surface area contributed by atoms with Crippen LogP contribution in [0.25, 0.3) is 0 Å². The molecule has 3 saturated carbocycles. The summed E-state index contributed by atoms with van der Waals surface area (Å²) >= 11 is 0. The summed E-state index contributed by atoms with van der Waals surface area (Å²) in [6.07, 6.45) is -30.1. The number of hydrogen-bond donors (Lipinski definition) is 11. The molecule has 74 heavy (non-hydrogen) atoms. The molecule has 0 aromatic rings. The minimum absolute atomic E-state index is 0.135. The Kier molecular flexibility index (Phi) is 15.3. The molecule has 0 aromatic carbocycles. The highest BCUT2D eigenvalue weighted by Gasteiger charge is 2.75. The van der Waals surface area contributed by atoms with Crippen molar-refractivity contribution in [3.05, 3.63) is 11.1 Å². The van der Waals surface area contributed by atoms with Crippen LogP contribution in [0.5, 0.6) is 0 Å². The van der Waals surface area contributed by atoms with E-state index in [4.69, 9.17) is 47.4 Å². The van der Waals surface area contributed by atoms with E-state index in [9.17, 15) is 65.8 Å². The number of allylic oxidation sites excluding steroid dienone is 1. The molecule has 11 N–H and O–H groups in total. The van der Waals surface area contributed by atoms with E-state index in [1.165, 1.54) is 20.8 Å².